The lowest BCUT2D eigenvalue weighted by atomic mass is 9.99. The fraction of sp³-hybridized carbons (Fsp3) is 0.393. The number of nitrogens with one attached hydrogen (secondary N) is 1. The SMILES string of the molecule is CC(=O)N1CCC[C@@H]1Cn1c(C)c(C(=O)N[C@H](c2cccc(F)c2)C2CC2)c2cccc(F)c2c1=O. The van der Waals surface area contributed by atoms with Crippen molar-refractivity contribution in [3.8, 4) is 0 Å². The number of pyridine rings is 1. The van der Waals surface area contributed by atoms with Crippen LogP contribution in [-0.4, -0.2) is 33.9 Å². The van der Waals surface area contributed by atoms with Crippen LogP contribution in [0.3, 0.4) is 0 Å². The Morgan fingerprint density at radius 2 is 1.86 bits per heavy atom. The maximum absolute atomic E-state index is 15.0. The fourth-order valence-corrected chi connectivity index (χ4v) is 5.54. The number of nitrogens with zero attached hydrogens (tertiary/aromatic N) is 2. The highest BCUT2D eigenvalue weighted by atomic mass is 19.1. The molecule has 0 bridgehead atoms. The highest BCUT2D eigenvalue weighted by molar-refractivity contribution is 6.08. The predicted octanol–water partition coefficient (Wildman–Crippen LogP) is 4.48. The maximum atomic E-state index is 15.0. The van der Waals surface area contributed by atoms with Gasteiger partial charge < -0.3 is 14.8 Å². The number of amides is 2. The van der Waals surface area contributed by atoms with Gasteiger partial charge in [0.25, 0.3) is 11.5 Å². The number of rotatable bonds is 6. The maximum Gasteiger partial charge on any atom is 0.261 e. The third-order valence-electron chi connectivity index (χ3n) is 7.50. The molecule has 2 amide bonds. The van der Waals surface area contributed by atoms with Gasteiger partial charge in [0.1, 0.15) is 11.6 Å². The number of hydrogen-bond acceptors (Lipinski definition) is 3. The van der Waals surface area contributed by atoms with Crippen LogP contribution < -0.4 is 10.9 Å². The summed E-state index contributed by atoms with van der Waals surface area (Å²) in [6.07, 6.45) is 3.38. The van der Waals surface area contributed by atoms with E-state index in [1.165, 1.54) is 35.8 Å². The first-order valence-electron chi connectivity index (χ1n) is 12.4. The first-order chi connectivity index (χ1) is 17.3. The molecule has 1 aliphatic heterocycles. The number of carbonyl (C=O) groups is 2. The number of halogens is 2. The third-order valence-corrected chi connectivity index (χ3v) is 7.50. The van der Waals surface area contributed by atoms with Crippen LogP contribution in [0.4, 0.5) is 8.78 Å². The van der Waals surface area contributed by atoms with Gasteiger partial charge in [-0.15, -0.1) is 0 Å². The molecule has 0 unspecified atom stereocenters. The molecule has 5 rings (SSSR count). The molecule has 2 heterocycles. The van der Waals surface area contributed by atoms with Gasteiger partial charge in [-0.05, 0) is 62.3 Å². The Hall–Kier alpha value is -3.55. The lowest BCUT2D eigenvalue weighted by Crippen LogP contribution is -2.40. The van der Waals surface area contributed by atoms with Crippen LogP contribution >= 0.6 is 0 Å². The monoisotopic (exact) mass is 493 g/mol. The van der Waals surface area contributed by atoms with Crippen molar-refractivity contribution in [1.29, 1.82) is 0 Å². The lowest BCUT2D eigenvalue weighted by Gasteiger charge is -2.26. The van der Waals surface area contributed by atoms with Gasteiger partial charge in [-0.3, -0.25) is 14.4 Å². The average molecular weight is 494 g/mol. The van der Waals surface area contributed by atoms with Gasteiger partial charge >= 0.3 is 0 Å². The predicted molar refractivity (Wildman–Crippen MR) is 133 cm³/mol. The van der Waals surface area contributed by atoms with E-state index < -0.39 is 17.3 Å². The molecule has 36 heavy (non-hydrogen) atoms. The molecule has 2 aliphatic rings. The zero-order chi connectivity index (χ0) is 25.6. The van der Waals surface area contributed by atoms with Crippen LogP contribution in [0.15, 0.2) is 47.3 Å². The average Bonchev–Trinajstić information content (AvgIpc) is 3.56. The van der Waals surface area contributed by atoms with Crippen LogP contribution in [0.2, 0.25) is 0 Å². The van der Waals surface area contributed by atoms with Crippen molar-refractivity contribution in [3.63, 3.8) is 0 Å². The zero-order valence-corrected chi connectivity index (χ0v) is 20.4. The van der Waals surface area contributed by atoms with Gasteiger partial charge in [-0.2, -0.15) is 0 Å². The number of aromatic nitrogens is 1. The summed E-state index contributed by atoms with van der Waals surface area (Å²) in [5.41, 5.74) is 0.796. The molecule has 1 N–H and O–H groups in total. The van der Waals surface area contributed by atoms with E-state index >= 15 is 0 Å². The van der Waals surface area contributed by atoms with Gasteiger partial charge in [-0.1, -0.05) is 24.3 Å². The fourth-order valence-electron chi connectivity index (χ4n) is 5.54. The van der Waals surface area contributed by atoms with E-state index in [2.05, 4.69) is 5.32 Å². The van der Waals surface area contributed by atoms with Gasteiger partial charge in [0, 0.05) is 37.1 Å². The smallest absolute Gasteiger partial charge is 0.261 e. The molecular weight excluding hydrogens is 464 g/mol. The third kappa shape index (κ3) is 4.40. The number of benzene rings is 2. The molecule has 2 fully saturated rings. The number of carbonyl (C=O) groups excluding carboxylic acids is 2. The Morgan fingerprint density at radius 1 is 1.11 bits per heavy atom. The van der Waals surface area contributed by atoms with Gasteiger partial charge in [0.05, 0.1) is 17.0 Å². The first-order valence-corrected chi connectivity index (χ1v) is 12.4. The molecule has 2 atom stereocenters. The Bertz CT molecular complexity index is 1410. The summed E-state index contributed by atoms with van der Waals surface area (Å²) in [5, 5.41) is 3.15. The highest BCUT2D eigenvalue weighted by Crippen LogP contribution is 2.41. The quantitative estimate of drug-likeness (QED) is 0.551. The second kappa shape index (κ2) is 9.48. The lowest BCUT2D eigenvalue weighted by molar-refractivity contribution is -0.129. The minimum atomic E-state index is -0.695. The molecular formula is C28H29F2N3O3. The van der Waals surface area contributed by atoms with Crippen molar-refractivity contribution < 1.29 is 18.4 Å². The number of hydrogen-bond donors (Lipinski definition) is 1. The Labute approximate surface area is 207 Å². The second-order valence-electron chi connectivity index (χ2n) is 9.89. The minimum Gasteiger partial charge on any atom is -0.345 e. The molecule has 0 spiro atoms. The van der Waals surface area contributed by atoms with Crippen molar-refractivity contribution in [2.45, 2.75) is 58.2 Å². The summed E-state index contributed by atoms with van der Waals surface area (Å²) in [6, 6.07) is 9.87. The second-order valence-corrected chi connectivity index (χ2v) is 9.89. The molecule has 1 saturated carbocycles. The van der Waals surface area contributed by atoms with Gasteiger partial charge in [-0.25, -0.2) is 8.78 Å². The Balaban J connectivity index is 1.59. The van der Waals surface area contributed by atoms with Crippen molar-refractivity contribution in [3.05, 3.63) is 81.3 Å². The van der Waals surface area contributed by atoms with Crippen LogP contribution in [-0.2, 0) is 11.3 Å². The van der Waals surface area contributed by atoms with Crippen LogP contribution in [0.5, 0.6) is 0 Å². The van der Waals surface area contributed by atoms with E-state index in [9.17, 15) is 23.2 Å². The first kappa shape index (κ1) is 24.2. The van der Waals surface area contributed by atoms with Gasteiger partial charge in [0.15, 0.2) is 0 Å². The van der Waals surface area contributed by atoms with E-state index in [-0.39, 0.29) is 52.6 Å². The van der Waals surface area contributed by atoms with E-state index in [0.29, 0.717) is 17.8 Å². The molecule has 2 aromatic carbocycles. The van der Waals surface area contributed by atoms with Crippen LogP contribution in [0, 0.1) is 24.5 Å². The zero-order valence-electron chi connectivity index (χ0n) is 20.4. The van der Waals surface area contributed by atoms with Crippen LogP contribution in [0.25, 0.3) is 10.8 Å². The topological polar surface area (TPSA) is 71.4 Å². The molecule has 188 valence electrons. The Kier molecular flexibility index (Phi) is 6.36. The summed E-state index contributed by atoms with van der Waals surface area (Å²) < 4.78 is 30.4. The van der Waals surface area contributed by atoms with Gasteiger partial charge in [0.2, 0.25) is 5.91 Å². The molecule has 3 aromatic rings. The van der Waals surface area contributed by atoms with Crippen molar-refractivity contribution in [1.82, 2.24) is 14.8 Å². The normalized spacial score (nSPS) is 18.4. The molecule has 0 radical (unpaired) electrons. The summed E-state index contributed by atoms with van der Waals surface area (Å²) in [5.74, 6) is -1.40. The minimum absolute atomic E-state index is 0.0736. The standard InChI is InChI=1S/C28H29F2N3O3/c1-16-24(27(35)31-26(18-11-12-18)19-6-3-7-20(29)14-19)22-9-4-10-23(30)25(22)28(36)33(16)15-21-8-5-13-32(21)17(2)34/h3-4,6-7,9-10,14,18,21,26H,5,8,11-13,15H2,1-2H3,(H,31,35)/t21-,26+/m1/s1. The highest BCUT2D eigenvalue weighted by Gasteiger charge is 2.35. The van der Waals surface area contributed by atoms with Crippen LogP contribution in [0.1, 0.15) is 60.3 Å². The van der Waals surface area contributed by atoms with E-state index in [4.69, 9.17) is 0 Å². The van der Waals surface area contributed by atoms with Crippen molar-refractivity contribution >= 4 is 22.6 Å². The summed E-state index contributed by atoms with van der Waals surface area (Å²) in [7, 11) is 0. The van der Waals surface area contributed by atoms with Crippen molar-refractivity contribution in [2.75, 3.05) is 6.54 Å². The number of fused-ring (bicyclic) bond motifs is 1. The van der Waals surface area contributed by atoms with E-state index in [1.807, 2.05) is 0 Å². The summed E-state index contributed by atoms with van der Waals surface area (Å²) >= 11 is 0. The van der Waals surface area contributed by atoms with Crippen molar-refractivity contribution in [2.24, 2.45) is 5.92 Å². The molecule has 1 aromatic heterocycles. The molecule has 1 saturated heterocycles. The number of likely N-dealkylation sites (tertiary alicyclic amines) is 1. The summed E-state index contributed by atoms with van der Waals surface area (Å²) in [4.78, 5) is 41.0. The molecule has 6 nitrogen and oxygen atoms in total. The van der Waals surface area contributed by atoms with E-state index in [0.717, 1.165) is 25.7 Å². The van der Waals surface area contributed by atoms with E-state index in [1.54, 1.807) is 30.0 Å². The summed E-state index contributed by atoms with van der Waals surface area (Å²) in [6.45, 7) is 3.98. The largest absolute Gasteiger partial charge is 0.345 e. The Morgan fingerprint density at radius 3 is 2.56 bits per heavy atom. The molecule has 1 aliphatic carbocycles. The molecule has 8 heteroatoms.